The molecular weight excluding hydrogens is 432 g/mol. The normalized spacial score (nSPS) is 11.6. The molecule has 2 aromatic carbocycles. The van der Waals surface area contributed by atoms with Crippen LogP contribution in [0, 0.1) is 0 Å². The van der Waals surface area contributed by atoms with Crippen molar-refractivity contribution in [2.45, 2.75) is 45.0 Å². The van der Waals surface area contributed by atoms with Gasteiger partial charge in [0.25, 0.3) is 0 Å². The average Bonchev–Trinajstić information content (AvgIpc) is 2.78. The van der Waals surface area contributed by atoms with E-state index in [1.807, 2.05) is 62.4 Å². The highest BCUT2D eigenvalue weighted by Crippen LogP contribution is 2.20. The lowest BCUT2D eigenvalue weighted by atomic mass is 10.1. The number of nitrogens with one attached hydrogen (secondary N) is 1. The second-order valence-electron chi connectivity index (χ2n) is 7.21. The Labute approximate surface area is 194 Å². The maximum atomic E-state index is 13.2. The fraction of sp³-hybridized carbons (Fsp3) is 0.417. The summed E-state index contributed by atoms with van der Waals surface area (Å²) in [5.41, 5.74) is 2.03. The van der Waals surface area contributed by atoms with E-state index < -0.39 is 6.04 Å². The zero-order valence-corrected chi connectivity index (χ0v) is 20.0. The number of rotatable bonds is 12. The van der Waals surface area contributed by atoms with Gasteiger partial charge < -0.3 is 15.0 Å². The summed E-state index contributed by atoms with van der Waals surface area (Å²) in [7, 11) is 1.61. The first-order chi connectivity index (χ1) is 15.0. The molecule has 168 valence electrons. The van der Waals surface area contributed by atoms with Crippen molar-refractivity contribution in [3.63, 3.8) is 0 Å². The molecule has 0 aliphatic heterocycles. The summed E-state index contributed by atoms with van der Waals surface area (Å²) in [6, 6.07) is 14.7. The van der Waals surface area contributed by atoms with Gasteiger partial charge in [0.2, 0.25) is 11.8 Å². The number of amides is 2. The van der Waals surface area contributed by atoms with Gasteiger partial charge in [-0.1, -0.05) is 49.7 Å². The van der Waals surface area contributed by atoms with Crippen molar-refractivity contribution in [3.8, 4) is 5.75 Å². The molecule has 2 rings (SSSR count). The van der Waals surface area contributed by atoms with Gasteiger partial charge in [-0.15, -0.1) is 11.8 Å². The van der Waals surface area contributed by atoms with Crippen LogP contribution in [-0.4, -0.2) is 42.2 Å². The van der Waals surface area contributed by atoms with E-state index in [2.05, 4.69) is 5.32 Å². The number of hydrogen-bond donors (Lipinski definition) is 1. The van der Waals surface area contributed by atoms with Gasteiger partial charge in [0.05, 0.1) is 12.9 Å². The Bertz CT molecular complexity index is 845. The number of benzene rings is 2. The number of thioether (sulfide) groups is 1. The molecule has 0 heterocycles. The van der Waals surface area contributed by atoms with Crippen molar-refractivity contribution < 1.29 is 14.3 Å². The van der Waals surface area contributed by atoms with Crippen LogP contribution in [0.3, 0.4) is 0 Å². The number of methoxy groups -OCH3 is 1. The largest absolute Gasteiger partial charge is 0.497 e. The van der Waals surface area contributed by atoms with E-state index in [0.29, 0.717) is 36.0 Å². The van der Waals surface area contributed by atoms with Crippen LogP contribution in [-0.2, 0) is 21.9 Å². The topological polar surface area (TPSA) is 58.6 Å². The Balaban J connectivity index is 2.12. The predicted molar refractivity (Wildman–Crippen MR) is 129 cm³/mol. The SMILES string of the molecule is CCCNC(=O)C(CC)N(Cc1cccc(OC)c1)C(=O)CSCc1ccc(Cl)cc1. The van der Waals surface area contributed by atoms with Gasteiger partial charge in [-0.3, -0.25) is 9.59 Å². The minimum atomic E-state index is -0.513. The molecule has 0 aliphatic rings. The highest BCUT2D eigenvalue weighted by atomic mass is 35.5. The summed E-state index contributed by atoms with van der Waals surface area (Å²) in [5.74, 6) is 1.56. The lowest BCUT2D eigenvalue weighted by molar-refractivity contribution is -0.139. The predicted octanol–water partition coefficient (Wildman–Crippen LogP) is 4.92. The Hall–Kier alpha value is -2.18. The molecule has 31 heavy (non-hydrogen) atoms. The molecule has 5 nitrogen and oxygen atoms in total. The van der Waals surface area contributed by atoms with E-state index in [0.717, 1.165) is 23.3 Å². The number of carbonyl (C=O) groups excluding carboxylic acids is 2. The molecule has 0 spiro atoms. The monoisotopic (exact) mass is 462 g/mol. The van der Waals surface area contributed by atoms with Crippen LogP contribution in [0.15, 0.2) is 48.5 Å². The number of carbonyl (C=O) groups is 2. The highest BCUT2D eigenvalue weighted by molar-refractivity contribution is 7.99. The maximum Gasteiger partial charge on any atom is 0.242 e. The molecule has 0 saturated carbocycles. The van der Waals surface area contributed by atoms with E-state index in [1.54, 1.807) is 12.0 Å². The summed E-state index contributed by atoms with van der Waals surface area (Å²) in [4.78, 5) is 27.7. The molecule has 0 radical (unpaired) electrons. The van der Waals surface area contributed by atoms with Crippen LogP contribution in [0.1, 0.15) is 37.8 Å². The molecule has 0 fully saturated rings. The molecule has 7 heteroatoms. The summed E-state index contributed by atoms with van der Waals surface area (Å²) in [6.07, 6.45) is 1.40. The first kappa shape index (κ1) is 25.1. The van der Waals surface area contributed by atoms with Crippen LogP contribution in [0.2, 0.25) is 5.02 Å². The second-order valence-corrected chi connectivity index (χ2v) is 8.63. The van der Waals surface area contributed by atoms with Crippen LogP contribution in [0.5, 0.6) is 5.75 Å². The summed E-state index contributed by atoms with van der Waals surface area (Å²) in [6.45, 7) is 4.90. The Morgan fingerprint density at radius 3 is 2.52 bits per heavy atom. The lowest BCUT2D eigenvalue weighted by Gasteiger charge is -2.30. The third-order valence-electron chi connectivity index (χ3n) is 4.83. The average molecular weight is 463 g/mol. The van der Waals surface area contributed by atoms with Gasteiger partial charge in [0.15, 0.2) is 0 Å². The Morgan fingerprint density at radius 1 is 1.13 bits per heavy atom. The number of hydrogen-bond acceptors (Lipinski definition) is 4. The van der Waals surface area contributed by atoms with Gasteiger partial charge in [-0.2, -0.15) is 0 Å². The summed E-state index contributed by atoms with van der Waals surface area (Å²) < 4.78 is 5.31. The van der Waals surface area contributed by atoms with Gasteiger partial charge in [-0.25, -0.2) is 0 Å². The van der Waals surface area contributed by atoms with Gasteiger partial charge in [-0.05, 0) is 48.2 Å². The minimum absolute atomic E-state index is 0.0553. The molecule has 2 aromatic rings. The zero-order valence-electron chi connectivity index (χ0n) is 18.4. The quantitative estimate of drug-likeness (QED) is 0.486. The van der Waals surface area contributed by atoms with Gasteiger partial charge >= 0.3 is 0 Å². The molecule has 0 aromatic heterocycles. The molecule has 0 saturated heterocycles. The van der Waals surface area contributed by atoms with Crippen LogP contribution >= 0.6 is 23.4 Å². The van der Waals surface area contributed by atoms with Crippen LogP contribution in [0.25, 0.3) is 0 Å². The van der Waals surface area contributed by atoms with Gasteiger partial charge in [0.1, 0.15) is 11.8 Å². The van der Waals surface area contributed by atoms with Crippen molar-refractivity contribution in [2.24, 2.45) is 0 Å². The van der Waals surface area contributed by atoms with Crippen molar-refractivity contribution in [2.75, 3.05) is 19.4 Å². The first-order valence-electron chi connectivity index (χ1n) is 10.5. The van der Waals surface area contributed by atoms with Crippen molar-refractivity contribution >= 4 is 35.2 Å². The van der Waals surface area contributed by atoms with E-state index in [9.17, 15) is 9.59 Å². The first-order valence-corrected chi connectivity index (χ1v) is 12.0. The minimum Gasteiger partial charge on any atom is -0.497 e. The molecule has 1 N–H and O–H groups in total. The van der Waals surface area contributed by atoms with E-state index in [1.165, 1.54) is 11.8 Å². The number of ether oxygens (including phenoxy) is 1. The molecule has 0 aliphatic carbocycles. The third kappa shape index (κ3) is 8.11. The van der Waals surface area contributed by atoms with Crippen LogP contribution in [0.4, 0.5) is 0 Å². The van der Waals surface area contributed by atoms with E-state index in [-0.39, 0.29) is 11.8 Å². The van der Waals surface area contributed by atoms with Crippen LogP contribution < -0.4 is 10.1 Å². The third-order valence-corrected chi connectivity index (χ3v) is 6.07. The zero-order chi connectivity index (χ0) is 22.6. The molecule has 0 bridgehead atoms. The molecule has 2 amide bonds. The number of nitrogens with zero attached hydrogens (tertiary/aromatic N) is 1. The standard InChI is InChI=1S/C24H31ClN2O3S/c1-4-13-26-24(29)22(5-2)27(15-19-7-6-8-21(14-19)30-3)23(28)17-31-16-18-9-11-20(25)12-10-18/h6-12,14,22H,4-5,13,15-17H2,1-3H3,(H,26,29). The second kappa shape index (κ2) is 13.3. The molecule has 1 atom stereocenters. The van der Waals surface area contributed by atoms with E-state index >= 15 is 0 Å². The maximum absolute atomic E-state index is 13.2. The molecular formula is C24H31ClN2O3S. The highest BCUT2D eigenvalue weighted by Gasteiger charge is 2.28. The fourth-order valence-electron chi connectivity index (χ4n) is 3.17. The van der Waals surface area contributed by atoms with Crippen molar-refractivity contribution in [3.05, 3.63) is 64.7 Å². The summed E-state index contributed by atoms with van der Waals surface area (Å²) in [5, 5.41) is 3.63. The lowest BCUT2D eigenvalue weighted by Crippen LogP contribution is -2.49. The molecule has 1 unspecified atom stereocenters. The van der Waals surface area contributed by atoms with Gasteiger partial charge in [0, 0.05) is 23.9 Å². The Morgan fingerprint density at radius 2 is 1.87 bits per heavy atom. The smallest absolute Gasteiger partial charge is 0.242 e. The van der Waals surface area contributed by atoms with Crippen molar-refractivity contribution in [1.82, 2.24) is 10.2 Å². The summed E-state index contributed by atoms with van der Waals surface area (Å²) >= 11 is 7.47. The van der Waals surface area contributed by atoms with Crippen molar-refractivity contribution in [1.29, 1.82) is 0 Å². The number of halogens is 1. The fourth-order valence-corrected chi connectivity index (χ4v) is 4.17. The van der Waals surface area contributed by atoms with E-state index in [4.69, 9.17) is 16.3 Å². The Kier molecular flexibility index (Phi) is 10.7.